The van der Waals surface area contributed by atoms with E-state index < -0.39 is 15.7 Å². The highest BCUT2D eigenvalue weighted by Crippen LogP contribution is 2.25. The van der Waals surface area contributed by atoms with Gasteiger partial charge in [0.15, 0.2) is 9.84 Å². The number of rotatable bonds is 3. The second kappa shape index (κ2) is 5.00. The molecule has 5 heteroatoms. The Bertz CT molecular complexity index is 896. The van der Waals surface area contributed by atoms with Crippen molar-refractivity contribution >= 4 is 20.7 Å². The molecular weight excluding hydrogens is 289 g/mol. The van der Waals surface area contributed by atoms with Crippen LogP contribution >= 0.6 is 0 Å². The molecule has 0 aliphatic heterocycles. The van der Waals surface area contributed by atoms with Crippen LogP contribution in [-0.2, 0) is 15.6 Å². The third-order valence-electron chi connectivity index (χ3n) is 3.46. The van der Waals surface area contributed by atoms with E-state index >= 15 is 0 Å². The maximum atomic E-state index is 13.9. The Labute approximate surface area is 122 Å². The molecule has 0 saturated heterocycles. The van der Waals surface area contributed by atoms with Crippen molar-refractivity contribution in [2.45, 2.75) is 17.6 Å². The number of hydrogen-bond acceptors (Lipinski definition) is 2. The SMILES string of the molecule is Cc1ccc(S(=O)(=O)Cc2c[nH]c3cccc(F)c23)cc1. The van der Waals surface area contributed by atoms with E-state index in [4.69, 9.17) is 0 Å². The summed E-state index contributed by atoms with van der Waals surface area (Å²) in [5, 5.41) is 0.341. The molecule has 1 heterocycles. The second-order valence-electron chi connectivity index (χ2n) is 5.05. The molecule has 1 N–H and O–H groups in total. The monoisotopic (exact) mass is 303 g/mol. The molecule has 0 amide bonds. The van der Waals surface area contributed by atoms with Crippen LogP contribution in [0.3, 0.4) is 0 Å². The molecule has 0 bridgehead atoms. The summed E-state index contributed by atoms with van der Waals surface area (Å²) in [5.74, 6) is -0.639. The van der Waals surface area contributed by atoms with Gasteiger partial charge in [-0.2, -0.15) is 0 Å². The van der Waals surface area contributed by atoms with Crippen LogP contribution in [0.15, 0.2) is 53.6 Å². The fourth-order valence-electron chi connectivity index (χ4n) is 2.36. The fourth-order valence-corrected chi connectivity index (χ4v) is 3.71. The number of aromatic amines is 1. The van der Waals surface area contributed by atoms with Gasteiger partial charge < -0.3 is 4.98 Å². The minimum Gasteiger partial charge on any atom is -0.361 e. The summed E-state index contributed by atoms with van der Waals surface area (Å²) in [7, 11) is -3.49. The van der Waals surface area contributed by atoms with Crippen molar-refractivity contribution in [3.05, 3.63) is 65.6 Å². The first-order valence-corrected chi connectivity index (χ1v) is 8.16. The topological polar surface area (TPSA) is 49.9 Å². The molecule has 0 radical (unpaired) electrons. The third kappa shape index (κ3) is 2.56. The van der Waals surface area contributed by atoms with Gasteiger partial charge in [0.1, 0.15) is 5.82 Å². The summed E-state index contributed by atoms with van der Waals surface area (Å²) in [6.45, 7) is 1.89. The van der Waals surface area contributed by atoms with Gasteiger partial charge in [-0.3, -0.25) is 0 Å². The van der Waals surface area contributed by atoms with Crippen LogP contribution in [0, 0.1) is 12.7 Å². The smallest absolute Gasteiger partial charge is 0.182 e. The second-order valence-corrected chi connectivity index (χ2v) is 7.04. The number of H-pyrrole nitrogens is 1. The number of aromatic nitrogens is 1. The molecule has 1 aromatic heterocycles. The van der Waals surface area contributed by atoms with Crippen LogP contribution in [0.2, 0.25) is 0 Å². The average Bonchev–Trinajstić information content (AvgIpc) is 2.83. The first-order chi connectivity index (χ1) is 9.97. The van der Waals surface area contributed by atoms with Crippen LogP contribution in [0.1, 0.15) is 11.1 Å². The Balaban J connectivity index is 2.03. The van der Waals surface area contributed by atoms with E-state index in [1.54, 1.807) is 42.6 Å². The van der Waals surface area contributed by atoms with Crippen molar-refractivity contribution in [1.29, 1.82) is 0 Å². The molecule has 0 spiro atoms. The van der Waals surface area contributed by atoms with Gasteiger partial charge >= 0.3 is 0 Å². The predicted octanol–water partition coefficient (Wildman–Crippen LogP) is 3.59. The fraction of sp³-hybridized carbons (Fsp3) is 0.125. The molecule has 0 saturated carbocycles. The predicted molar refractivity (Wildman–Crippen MR) is 80.3 cm³/mol. The van der Waals surface area contributed by atoms with Gasteiger partial charge in [0, 0.05) is 17.1 Å². The third-order valence-corrected chi connectivity index (χ3v) is 5.14. The Morgan fingerprint density at radius 2 is 1.81 bits per heavy atom. The summed E-state index contributed by atoms with van der Waals surface area (Å²) < 4.78 is 38.8. The van der Waals surface area contributed by atoms with Crippen LogP contribution in [0.4, 0.5) is 4.39 Å². The first-order valence-electron chi connectivity index (χ1n) is 6.51. The van der Waals surface area contributed by atoms with Crippen LogP contribution < -0.4 is 0 Å². The lowest BCUT2D eigenvalue weighted by Crippen LogP contribution is -2.04. The molecule has 108 valence electrons. The highest BCUT2D eigenvalue weighted by molar-refractivity contribution is 7.90. The van der Waals surface area contributed by atoms with E-state index in [2.05, 4.69) is 4.98 Å². The van der Waals surface area contributed by atoms with Gasteiger partial charge in [-0.15, -0.1) is 0 Å². The highest BCUT2D eigenvalue weighted by Gasteiger charge is 2.19. The number of fused-ring (bicyclic) bond motifs is 1. The van der Waals surface area contributed by atoms with E-state index in [-0.39, 0.29) is 10.6 Å². The molecule has 21 heavy (non-hydrogen) atoms. The number of nitrogens with one attached hydrogen (secondary N) is 1. The van der Waals surface area contributed by atoms with Gasteiger partial charge in [-0.05, 0) is 36.8 Å². The van der Waals surface area contributed by atoms with Crippen LogP contribution in [0.5, 0.6) is 0 Å². The van der Waals surface area contributed by atoms with Crippen molar-refractivity contribution in [3.63, 3.8) is 0 Å². The van der Waals surface area contributed by atoms with Crippen molar-refractivity contribution in [1.82, 2.24) is 4.98 Å². The number of benzene rings is 2. The molecule has 3 rings (SSSR count). The van der Waals surface area contributed by atoms with Crippen molar-refractivity contribution in [2.75, 3.05) is 0 Å². The number of halogens is 1. The summed E-state index contributed by atoms with van der Waals surface area (Å²) in [6, 6.07) is 11.3. The molecular formula is C16H14FNO2S. The van der Waals surface area contributed by atoms with Gasteiger partial charge in [0.05, 0.1) is 10.6 Å². The first kappa shape index (κ1) is 13.8. The Morgan fingerprint density at radius 1 is 1.10 bits per heavy atom. The zero-order valence-electron chi connectivity index (χ0n) is 11.4. The molecule has 3 nitrogen and oxygen atoms in total. The normalized spacial score (nSPS) is 11.9. The lowest BCUT2D eigenvalue weighted by molar-refractivity contribution is 0.595. The lowest BCUT2D eigenvalue weighted by Gasteiger charge is -2.05. The van der Waals surface area contributed by atoms with Gasteiger partial charge in [0.25, 0.3) is 0 Å². The van der Waals surface area contributed by atoms with E-state index in [1.807, 2.05) is 6.92 Å². The number of sulfone groups is 1. The largest absolute Gasteiger partial charge is 0.361 e. The maximum absolute atomic E-state index is 13.9. The maximum Gasteiger partial charge on any atom is 0.182 e. The molecule has 0 aliphatic rings. The Hall–Kier alpha value is -2.14. The summed E-state index contributed by atoms with van der Waals surface area (Å²) in [6.07, 6.45) is 1.56. The highest BCUT2D eigenvalue weighted by atomic mass is 32.2. The van der Waals surface area contributed by atoms with E-state index in [0.29, 0.717) is 16.5 Å². The lowest BCUT2D eigenvalue weighted by atomic mass is 10.2. The van der Waals surface area contributed by atoms with Gasteiger partial charge in [-0.25, -0.2) is 12.8 Å². The average molecular weight is 303 g/mol. The summed E-state index contributed by atoms with van der Waals surface area (Å²) >= 11 is 0. The van der Waals surface area contributed by atoms with E-state index in [0.717, 1.165) is 5.56 Å². The zero-order chi connectivity index (χ0) is 15.0. The van der Waals surface area contributed by atoms with Gasteiger partial charge in [0.2, 0.25) is 0 Å². The Kier molecular flexibility index (Phi) is 3.29. The number of hydrogen-bond donors (Lipinski definition) is 1. The standard InChI is InChI=1S/C16H14FNO2S/c1-11-5-7-13(8-6-11)21(19,20)10-12-9-18-15-4-2-3-14(17)16(12)15/h2-9,18H,10H2,1H3. The molecule has 0 atom stereocenters. The van der Waals surface area contributed by atoms with Crippen LogP contribution in [0.25, 0.3) is 10.9 Å². The molecule has 0 aliphatic carbocycles. The van der Waals surface area contributed by atoms with Crippen molar-refractivity contribution in [2.24, 2.45) is 0 Å². The Morgan fingerprint density at radius 3 is 2.52 bits per heavy atom. The van der Waals surface area contributed by atoms with Crippen LogP contribution in [-0.4, -0.2) is 13.4 Å². The molecule has 2 aromatic carbocycles. The quantitative estimate of drug-likeness (QED) is 0.804. The van der Waals surface area contributed by atoms with E-state index in [1.165, 1.54) is 6.07 Å². The number of aryl methyl sites for hydroxylation is 1. The van der Waals surface area contributed by atoms with Gasteiger partial charge in [-0.1, -0.05) is 23.8 Å². The molecule has 0 unspecified atom stereocenters. The summed E-state index contributed by atoms with van der Waals surface area (Å²) in [4.78, 5) is 3.16. The van der Waals surface area contributed by atoms with E-state index in [9.17, 15) is 12.8 Å². The zero-order valence-corrected chi connectivity index (χ0v) is 12.2. The van der Waals surface area contributed by atoms with Crippen molar-refractivity contribution in [3.8, 4) is 0 Å². The molecule has 0 fully saturated rings. The molecule has 3 aromatic rings. The summed E-state index contributed by atoms with van der Waals surface area (Å²) in [5.41, 5.74) is 2.04. The van der Waals surface area contributed by atoms with Crippen molar-refractivity contribution < 1.29 is 12.8 Å². The minimum atomic E-state index is -3.49. The minimum absolute atomic E-state index is 0.225.